The maximum Gasteiger partial charge on any atom is 0.260 e. The molecule has 0 fully saturated rings. The Balaban J connectivity index is 1.56. The summed E-state index contributed by atoms with van der Waals surface area (Å²) in [5.74, 6) is 1.65. The second-order valence-corrected chi connectivity index (χ2v) is 6.75. The zero-order valence-electron chi connectivity index (χ0n) is 17.2. The number of aromatic nitrogens is 2. The molecule has 0 saturated carbocycles. The minimum atomic E-state index is -0.294. The summed E-state index contributed by atoms with van der Waals surface area (Å²) < 4.78 is 16.0. The molecule has 0 unspecified atom stereocenters. The van der Waals surface area contributed by atoms with E-state index in [1.807, 2.05) is 48.5 Å². The summed E-state index contributed by atoms with van der Waals surface area (Å²) in [6.07, 6.45) is 0.560. The van der Waals surface area contributed by atoms with Crippen molar-refractivity contribution in [2.45, 2.75) is 6.42 Å². The van der Waals surface area contributed by atoms with Crippen molar-refractivity contribution in [1.29, 1.82) is 0 Å². The van der Waals surface area contributed by atoms with Gasteiger partial charge < -0.3 is 19.3 Å². The number of amides is 1. The van der Waals surface area contributed by atoms with E-state index in [0.717, 1.165) is 5.56 Å². The quantitative estimate of drug-likeness (QED) is 0.475. The molecule has 1 aromatic heterocycles. The normalized spacial score (nSPS) is 10.5. The SMILES string of the molecule is COc1ccc(C(=O)Nc2ccccc2-c2nc(Cc3ccccc3)no2)cc1OC. The van der Waals surface area contributed by atoms with Crippen LogP contribution in [-0.4, -0.2) is 30.3 Å². The van der Waals surface area contributed by atoms with Gasteiger partial charge in [0.1, 0.15) is 0 Å². The molecule has 7 heteroatoms. The van der Waals surface area contributed by atoms with Gasteiger partial charge in [0.25, 0.3) is 11.8 Å². The highest BCUT2D eigenvalue weighted by Crippen LogP contribution is 2.30. The monoisotopic (exact) mass is 415 g/mol. The summed E-state index contributed by atoms with van der Waals surface area (Å²) in [7, 11) is 3.07. The molecule has 0 saturated heterocycles. The van der Waals surface area contributed by atoms with Crippen LogP contribution >= 0.6 is 0 Å². The summed E-state index contributed by atoms with van der Waals surface area (Å²) >= 11 is 0. The maximum absolute atomic E-state index is 12.8. The smallest absolute Gasteiger partial charge is 0.260 e. The van der Waals surface area contributed by atoms with Crippen molar-refractivity contribution < 1.29 is 18.8 Å². The molecule has 1 N–H and O–H groups in total. The van der Waals surface area contributed by atoms with Crippen molar-refractivity contribution in [1.82, 2.24) is 10.1 Å². The zero-order chi connectivity index (χ0) is 21.6. The molecule has 4 rings (SSSR count). The van der Waals surface area contributed by atoms with E-state index in [2.05, 4.69) is 15.5 Å². The number of nitrogens with one attached hydrogen (secondary N) is 1. The molecule has 7 nitrogen and oxygen atoms in total. The van der Waals surface area contributed by atoms with E-state index in [1.54, 1.807) is 31.4 Å². The third kappa shape index (κ3) is 4.56. The van der Waals surface area contributed by atoms with Crippen molar-refractivity contribution in [3.05, 3.63) is 89.7 Å². The first-order valence-corrected chi connectivity index (χ1v) is 9.67. The van der Waals surface area contributed by atoms with Gasteiger partial charge in [0, 0.05) is 12.0 Å². The van der Waals surface area contributed by atoms with Gasteiger partial charge in [-0.2, -0.15) is 4.98 Å². The highest BCUT2D eigenvalue weighted by Gasteiger charge is 2.16. The largest absolute Gasteiger partial charge is 0.493 e. The second-order valence-electron chi connectivity index (χ2n) is 6.75. The molecule has 4 aromatic rings. The van der Waals surface area contributed by atoms with Gasteiger partial charge in [-0.3, -0.25) is 4.79 Å². The Morgan fingerprint density at radius 2 is 1.68 bits per heavy atom. The van der Waals surface area contributed by atoms with Crippen LogP contribution in [0.25, 0.3) is 11.5 Å². The van der Waals surface area contributed by atoms with E-state index in [1.165, 1.54) is 7.11 Å². The predicted molar refractivity (Wildman–Crippen MR) is 116 cm³/mol. The summed E-state index contributed by atoms with van der Waals surface area (Å²) in [5.41, 5.74) is 2.73. The molecule has 0 radical (unpaired) electrons. The van der Waals surface area contributed by atoms with E-state index < -0.39 is 0 Å². The van der Waals surface area contributed by atoms with Crippen LogP contribution in [0.2, 0.25) is 0 Å². The fourth-order valence-electron chi connectivity index (χ4n) is 3.16. The molecular weight excluding hydrogens is 394 g/mol. The molecule has 0 atom stereocenters. The van der Waals surface area contributed by atoms with Gasteiger partial charge in [0.05, 0.1) is 25.5 Å². The van der Waals surface area contributed by atoms with Gasteiger partial charge >= 0.3 is 0 Å². The number of ether oxygens (including phenoxy) is 2. The first-order valence-electron chi connectivity index (χ1n) is 9.67. The Kier molecular flexibility index (Phi) is 5.93. The standard InChI is InChI=1S/C24H21N3O4/c1-29-20-13-12-17(15-21(20)30-2)23(28)25-19-11-7-6-10-18(19)24-26-22(27-31-24)14-16-8-4-3-5-9-16/h3-13,15H,14H2,1-2H3,(H,25,28). The first-order chi connectivity index (χ1) is 15.2. The molecule has 0 spiro atoms. The number of carbonyl (C=O) groups excluding carboxylic acids is 1. The maximum atomic E-state index is 12.8. The van der Waals surface area contributed by atoms with Crippen LogP contribution in [0.4, 0.5) is 5.69 Å². The number of benzene rings is 3. The average Bonchev–Trinajstić information content (AvgIpc) is 3.27. The molecule has 156 valence electrons. The number of anilines is 1. The summed E-state index contributed by atoms with van der Waals surface area (Å²) in [5, 5.41) is 6.99. The minimum Gasteiger partial charge on any atom is -0.493 e. The van der Waals surface area contributed by atoms with Crippen LogP contribution in [-0.2, 0) is 6.42 Å². The summed E-state index contributed by atoms with van der Waals surface area (Å²) in [4.78, 5) is 17.3. The van der Waals surface area contributed by atoms with E-state index in [-0.39, 0.29) is 5.91 Å². The van der Waals surface area contributed by atoms with Gasteiger partial charge in [-0.1, -0.05) is 47.6 Å². The average molecular weight is 415 g/mol. The second kappa shape index (κ2) is 9.13. The van der Waals surface area contributed by atoms with Crippen molar-refractivity contribution >= 4 is 11.6 Å². The fraction of sp³-hybridized carbons (Fsp3) is 0.125. The Bertz CT molecular complexity index is 1190. The van der Waals surface area contributed by atoms with Gasteiger partial charge in [0.2, 0.25) is 0 Å². The van der Waals surface area contributed by atoms with Crippen LogP contribution in [0.3, 0.4) is 0 Å². The van der Waals surface area contributed by atoms with Gasteiger partial charge in [-0.15, -0.1) is 0 Å². The Morgan fingerprint density at radius 3 is 2.45 bits per heavy atom. The molecule has 0 aliphatic rings. The molecule has 0 aliphatic carbocycles. The summed E-state index contributed by atoms with van der Waals surface area (Å²) in [6, 6.07) is 22.2. The lowest BCUT2D eigenvalue weighted by Crippen LogP contribution is -2.13. The van der Waals surface area contributed by atoms with Gasteiger partial charge in [-0.05, 0) is 35.9 Å². The zero-order valence-corrected chi connectivity index (χ0v) is 17.2. The van der Waals surface area contributed by atoms with Gasteiger partial charge in [0.15, 0.2) is 17.3 Å². The number of para-hydroxylation sites is 1. The van der Waals surface area contributed by atoms with Crippen LogP contribution in [0.15, 0.2) is 77.3 Å². The lowest BCUT2D eigenvalue weighted by atomic mass is 10.1. The molecule has 31 heavy (non-hydrogen) atoms. The number of carbonyl (C=O) groups is 1. The topological polar surface area (TPSA) is 86.5 Å². The molecular formula is C24H21N3O4. The van der Waals surface area contributed by atoms with Crippen LogP contribution in [0.5, 0.6) is 11.5 Å². The third-order valence-corrected chi connectivity index (χ3v) is 4.72. The van der Waals surface area contributed by atoms with Crippen LogP contribution in [0, 0.1) is 0 Å². The van der Waals surface area contributed by atoms with Crippen molar-refractivity contribution in [3.8, 4) is 23.0 Å². The molecule has 3 aromatic carbocycles. The highest BCUT2D eigenvalue weighted by atomic mass is 16.5. The molecule has 0 aliphatic heterocycles. The van der Waals surface area contributed by atoms with E-state index in [4.69, 9.17) is 14.0 Å². The lowest BCUT2D eigenvalue weighted by molar-refractivity contribution is 0.102. The van der Waals surface area contributed by atoms with Crippen molar-refractivity contribution in [3.63, 3.8) is 0 Å². The first kappa shape index (κ1) is 20.2. The molecule has 1 heterocycles. The summed E-state index contributed by atoms with van der Waals surface area (Å²) in [6.45, 7) is 0. The number of hydrogen-bond acceptors (Lipinski definition) is 6. The fourth-order valence-corrected chi connectivity index (χ4v) is 3.16. The predicted octanol–water partition coefficient (Wildman–Crippen LogP) is 4.60. The van der Waals surface area contributed by atoms with E-state index in [0.29, 0.717) is 46.4 Å². The number of rotatable bonds is 7. The molecule has 1 amide bonds. The Labute approximate surface area is 179 Å². The minimum absolute atomic E-state index is 0.294. The Morgan fingerprint density at radius 1 is 0.935 bits per heavy atom. The molecule has 0 bridgehead atoms. The van der Waals surface area contributed by atoms with Crippen LogP contribution < -0.4 is 14.8 Å². The van der Waals surface area contributed by atoms with Crippen LogP contribution in [0.1, 0.15) is 21.7 Å². The Hall–Kier alpha value is -4.13. The van der Waals surface area contributed by atoms with E-state index in [9.17, 15) is 4.79 Å². The highest BCUT2D eigenvalue weighted by molar-refractivity contribution is 6.06. The number of hydrogen-bond donors (Lipinski definition) is 1. The van der Waals surface area contributed by atoms with Crippen molar-refractivity contribution in [2.75, 3.05) is 19.5 Å². The van der Waals surface area contributed by atoms with Crippen molar-refractivity contribution in [2.24, 2.45) is 0 Å². The van der Waals surface area contributed by atoms with Gasteiger partial charge in [-0.25, -0.2) is 0 Å². The number of methoxy groups -OCH3 is 2. The van der Waals surface area contributed by atoms with E-state index >= 15 is 0 Å². The lowest BCUT2D eigenvalue weighted by Gasteiger charge is -2.11. The number of nitrogens with zero attached hydrogens (tertiary/aromatic N) is 2. The third-order valence-electron chi connectivity index (χ3n) is 4.72.